The minimum Gasteiger partial charge on any atom is -0.314 e. The van der Waals surface area contributed by atoms with Crippen LogP contribution in [-0.4, -0.2) is 51.1 Å². The van der Waals surface area contributed by atoms with E-state index in [0.29, 0.717) is 29.4 Å². The Hall–Kier alpha value is -2.89. The van der Waals surface area contributed by atoms with Crippen molar-refractivity contribution < 1.29 is 27.2 Å². The molecule has 2 amide bonds. The van der Waals surface area contributed by atoms with Crippen LogP contribution < -0.4 is 5.32 Å². The average molecular weight is 539 g/mol. The van der Waals surface area contributed by atoms with E-state index in [1.54, 1.807) is 24.3 Å². The first-order valence-electron chi connectivity index (χ1n) is 11.0. The number of nitrogens with one attached hydrogen (secondary N) is 1. The van der Waals surface area contributed by atoms with Gasteiger partial charge in [0.1, 0.15) is 6.17 Å². The minimum absolute atomic E-state index is 0.00681. The molecule has 1 unspecified atom stereocenters. The largest absolute Gasteiger partial charge is 0.416 e. The number of amides is 2. The molecule has 2 fully saturated rings. The summed E-state index contributed by atoms with van der Waals surface area (Å²) in [4.78, 5) is 26.6. The van der Waals surface area contributed by atoms with E-state index in [4.69, 9.17) is 11.6 Å². The number of thioether (sulfide) groups is 1. The van der Waals surface area contributed by atoms with Crippen LogP contribution in [0.1, 0.15) is 23.1 Å². The Morgan fingerprint density at radius 2 is 2.00 bits per heavy atom. The molecule has 0 bridgehead atoms. The summed E-state index contributed by atoms with van der Waals surface area (Å²) < 4.78 is 56.2. The van der Waals surface area contributed by atoms with E-state index in [2.05, 4.69) is 10.4 Å². The lowest BCUT2D eigenvalue weighted by atomic mass is 10.0. The molecule has 2 aliphatic heterocycles. The lowest BCUT2D eigenvalue weighted by molar-refractivity contribution is -0.138. The Morgan fingerprint density at radius 1 is 1.19 bits per heavy atom. The number of benzene rings is 2. The number of carbonyl (C=O) groups excluding carboxylic acids is 2. The summed E-state index contributed by atoms with van der Waals surface area (Å²) in [6, 6.07) is 7.92. The van der Waals surface area contributed by atoms with Gasteiger partial charge in [0.15, 0.2) is 0 Å². The number of alkyl halides is 4. The fourth-order valence-corrected chi connectivity index (χ4v) is 5.51. The van der Waals surface area contributed by atoms with Crippen LogP contribution in [0.2, 0.25) is 5.02 Å². The summed E-state index contributed by atoms with van der Waals surface area (Å²) in [5.41, 5.74) is 0.407. The summed E-state index contributed by atoms with van der Waals surface area (Å²) >= 11 is 6.53. The van der Waals surface area contributed by atoms with E-state index in [0.717, 1.165) is 22.7 Å². The highest BCUT2D eigenvalue weighted by molar-refractivity contribution is 8.18. The molecular weight excluding hydrogens is 520 g/mol. The molecule has 188 valence electrons. The van der Waals surface area contributed by atoms with Crippen LogP contribution in [0.4, 0.5) is 22.4 Å². The Kier molecular flexibility index (Phi) is 6.56. The van der Waals surface area contributed by atoms with Gasteiger partial charge in [-0.3, -0.25) is 19.2 Å². The van der Waals surface area contributed by atoms with Crippen molar-refractivity contribution >= 4 is 51.5 Å². The number of rotatable bonds is 4. The molecule has 2 aromatic carbocycles. The number of hydrogen-bond acceptors (Lipinski definition) is 5. The monoisotopic (exact) mass is 538 g/mol. The van der Waals surface area contributed by atoms with Gasteiger partial charge in [0, 0.05) is 17.0 Å². The first-order chi connectivity index (χ1) is 17.1. The molecule has 0 radical (unpaired) electrons. The van der Waals surface area contributed by atoms with E-state index < -0.39 is 35.1 Å². The second-order valence-electron chi connectivity index (χ2n) is 8.55. The normalized spacial score (nSPS) is 22.2. The molecule has 5 rings (SSSR count). The topological polar surface area (TPSA) is 67.2 Å². The minimum atomic E-state index is -4.56. The van der Waals surface area contributed by atoms with Gasteiger partial charge in [-0.2, -0.15) is 18.3 Å². The van der Waals surface area contributed by atoms with Crippen LogP contribution in [0.3, 0.4) is 0 Å². The van der Waals surface area contributed by atoms with Gasteiger partial charge in [-0.05, 0) is 66.2 Å². The number of nitrogens with zero attached hydrogens (tertiary/aromatic N) is 3. The van der Waals surface area contributed by atoms with Gasteiger partial charge < -0.3 is 5.32 Å². The molecule has 2 saturated heterocycles. The summed E-state index contributed by atoms with van der Waals surface area (Å²) in [5.74, 6) is -0.530. The van der Waals surface area contributed by atoms with Crippen LogP contribution in [0.5, 0.6) is 0 Å². The van der Waals surface area contributed by atoms with E-state index in [1.165, 1.54) is 23.0 Å². The predicted octanol–water partition coefficient (Wildman–Crippen LogP) is 5.49. The van der Waals surface area contributed by atoms with Crippen molar-refractivity contribution in [1.29, 1.82) is 0 Å². The SMILES string of the molecule is O=C1S/C(=C\c2ccc3c(cnn3Cc3ccc(Cl)cc3C(F)(F)F)c2)C(=O)N1C1CCNC[C@@H]1F. The molecule has 3 heterocycles. The molecule has 0 aliphatic carbocycles. The van der Waals surface area contributed by atoms with Gasteiger partial charge in [-0.25, -0.2) is 4.39 Å². The van der Waals surface area contributed by atoms with Gasteiger partial charge in [0.05, 0.1) is 34.8 Å². The van der Waals surface area contributed by atoms with Crippen LogP contribution in [0.15, 0.2) is 47.5 Å². The standard InChI is InChI=1S/C24H19ClF4N4O2S/c25-16-3-2-14(17(9-16)24(27,28)29)12-32-19-4-1-13(7-15(19)10-31-32)8-21-22(34)33(23(35)36-21)20-5-6-30-11-18(20)26/h1-4,7-10,18,20,30H,5-6,11-12H2/b21-8-/t18-,20?/m0/s1. The smallest absolute Gasteiger partial charge is 0.314 e. The predicted molar refractivity (Wildman–Crippen MR) is 129 cm³/mol. The molecule has 3 aromatic rings. The molecule has 0 spiro atoms. The zero-order valence-electron chi connectivity index (χ0n) is 18.6. The van der Waals surface area contributed by atoms with E-state index in [-0.39, 0.29) is 28.6 Å². The van der Waals surface area contributed by atoms with Crippen molar-refractivity contribution in [3.8, 4) is 0 Å². The third-order valence-corrected chi connectivity index (χ3v) is 7.31. The summed E-state index contributed by atoms with van der Waals surface area (Å²) in [5, 5.41) is 7.27. The fraction of sp³-hybridized carbons (Fsp3) is 0.292. The highest BCUT2D eigenvalue weighted by Crippen LogP contribution is 2.37. The van der Waals surface area contributed by atoms with Crippen LogP contribution in [-0.2, 0) is 17.5 Å². The highest BCUT2D eigenvalue weighted by atomic mass is 35.5. The zero-order chi connectivity index (χ0) is 25.6. The molecule has 2 atom stereocenters. The molecule has 36 heavy (non-hydrogen) atoms. The van der Waals surface area contributed by atoms with Crippen molar-refractivity contribution in [2.75, 3.05) is 13.1 Å². The second-order valence-corrected chi connectivity index (χ2v) is 9.98. The maximum absolute atomic E-state index is 14.3. The molecule has 12 heteroatoms. The molecule has 1 aromatic heterocycles. The van der Waals surface area contributed by atoms with Crippen LogP contribution in [0, 0.1) is 0 Å². The number of hydrogen-bond donors (Lipinski definition) is 1. The van der Waals surface area contributed by atoms with E-state index in [9.17, 15) is 27.2 Å². The Balaban J connectivity index is 1.40. The van der Waals surface area contributed by atoms with E-state index in [1.807, 2.05) is 0 Å². The highest BCUT2D eigenvalue weighted by Gasteiger charge is 2.43. The second kappa shape index (κ2) is 9.53. The van der Waals surface area contributed by atoms with Gasteiger partial charge in [0.2, 0.25) is 0 Å². The Morgan fingerprint density at radius 3 is 2.75 bits per heavy atom. The average Bonchev–Trinajstić information content (AvgIpc) is 3.34. The molecule has 1 N–H and O–H groups in total. The maximum atomic E-state index is 14.3. The quantitative estimate of drug-likeness (QED) is 0.351. The van der Waals surface area contributed by atoms with Crippen molar-refractivity contribution in [2.45, 2.75) is 31.4 Å². The zero-order valence-corrected chi connectivity index (χ0v) is 20.1. The Bertz CT molecular complexity index is 1390. The van der Waals surface area contributed by atoms with Gasteiger partial charge in [0.25, 0.3) is 11.1 Å². The summed E-state index contributed by atoms with van der Waals surface area (Å²) in [6.07, 6.45) is -2.47. The van der Waals surface area contributed by atoms with Gasteiger partial charge >= 0.3 is 6.18 Å². The fourth-order valence-electron chi connectivity index (χ4n) is 4.45. The maximum Gasteiger partial charge on any atom is 0.416 e. The number of fused-ring (bicyclic) bond motifs is 1. The number of piperidine rings is 1. The van der Waals surface area contributed by atoms with Gasteiger partial charge in [-0.15, -0.1) is 0 Å². The third kappa shape index (κ3) is 4.74. The summed E-state index contributed by atoms with van der Waals surface area (Å²) in [6.45, 7) is 0.494. The van der Waals surface area contributed by atoms with Gasteiger partial charge in [-0.1, -0.05) is 23.7 Å². The molecule has 0 saturated carbocycles. The third-order valence-electron chi connectivity index (χ3n) is 6.19. The van der Waals surface area contributed by atoms with Crippen molar-refractivity contribution in [3.63, 3.8) is 0 Å². The number of aromatic nitrogens is 2. The number of halogens is 5. The van der Waals surface area contributed by atoms with E-state index >= 15 is 0 Å². The number of carbonyl (C=O) groups is 2. The first kappa shape index (κ1) is 24.8. The Labute approximate surface area is 212 Å². The molecular formula is C24H19ClF4N4O2S. The van der Waals surface area contributed by atoms with Crippen LogP contribution >= 0.6 is 23.4 Å². The van der Waals surface area contributed by atoms with Crippen LogP contribution in [0.25, 0.3) is 17.0 Å². The van der Waals surface area contributed by atoms with Crippen molar-refractivity contribution in [3.05, 3.63) is 69.2 Å². The molecule has 6 nitrogen and oxygen atoms in total. The summed E-state index contributed by atoms with van der Waals surface area (Å²) in [7, 11) is 0. The van der Waals surface area contributed by atoms with Crippen molar-refractivity contribution in [2.24, 2.45) is 0 Å². The molecule has 2 aliphatic rings. The lowest BCUT2D eigenvalue weighted by Gasteiger charge is -2.32. The first-order valence-corrected chi connectivity index (χ1v) is 12.2. The lowest BCUT2D eigenvalue weighted by Crippen LogP contribution is -2.52. The van der Waals surface area contributed by atoms with Crippen molar-refractivity contribution in [1.82, 2.24) is 20.0 Å². The number of imide groups is 1.